The minimum absolute atomic E-state index is 0.406. The van der Waals surface area contributed by atoms with Gasteiger partial charge in [-0.3, -0.25) is 9.59 Å². The Bertz CT molecular complexity index is 737. The predicted molar refractivity (Wildman–Crippen MR) is 84.8 cm³/mol. The zero-order valence-corrected chi connectivity index (χ0v) is 13.3. The van der Waals surface area contributed by atoms with Gasteiger partial charge < -0.3 is 15.0 Å². The number of benzene rings is 1. The zero-order chi connectivity index (χ0) is 16.4. The highest BCUT2D eigenvalue weighted by Crippen LogP contribution is 2.23. The molecule has 2 N–H and O–H groups in total. The van der Waals surface area contributed by atoms with E-state index >= 15 is 0 Å². The van der Waals surface area contributed by atoms with Crippen LogP contribution in [0.3, 0.4) is 0 Å². The Balaban J connectivity index is 2.39. The average Bonchev–Trinajstić information content (AvgIpc) is 2.73. The molecule has 1 atom stereocenters. The molecule has 0 aliphatic rings. The van der Waals surface area contributed by atoms with Crippen LogP contribution in [-0.2, 0) is 4.79 Å². The molecule has 116 valence electrons. The van der Waals surface area contributed by atoms with E-state index < -0.39 is 17.9 Å². The van der Waals surface area contributed by atoms with Gasteiger partial charge in [0, 0.05) is 22.1 Å². The highest BCUT2D eigenvalue weighted by molar-refractivity contribution is 6.30. The van der Waals surface area contributed by atoms with E-state index in [4.69, 9.17) is 16.7 Å². The van der Waals surface area contributed by atoms with Crippen LogP contribution in [0.15, 0.2) is 30.3 Å². The second-order valence-corrected chi connectivity index (χ2v) is 5.57. The number of aromatic nitrogens is 1. The van der Waals surface area contributed by atoms with Crippen molar-refractivity contribution in [3.05, 3.63) is 52.3 Å². The number of carboxylic acid groups (broad SMARTS) is 1. The molecule has 22 heavy (non-hydrogen) atoms. The van der Waals surface area contributed by atoms with Crippen molar-refractivity contribution in [2.75, 3.05) is 0 Å². The van der Waals surface area contributed by atoms with E-state index in [9.17, 15) is 9.59 Å². The number of halogens is 1. The van der Waals surface area contributed by atoms with Crippen LogP contribution in [0.4, 0.5) is 0 Å². The first-order valence-corrected chi connectivity index (χ1v) is 7.17. The van der Waals surface area contributed by atoms with Gasteiger partial charge in [-0.25, -0.2) is 0 Å². The molecule has 2 aromatic rings. The summed E-state index contributed by atoms with van der Waals surface area (Å²) in [7, 11) is 0. The molecule has 0 spiro atoms. The summed E-state index contributed by atoms with van der Waals surface area (Å²) >= 11 is 6.01. The third kappa shape index (κ3) is 3.14. The first-order chi connectivity index (χ1) is 10.3. The molecule has 1 aromatic heterocycles. The van der Waals surface area contributed by atoms with Gasteiger partial charge in [0.1, 0.15) is 6.04 Å². The monoisotopic (exact) mass is 320 g/mol. The summed E-state index contributed by atoms with van der Waals surface area (Å²) < 4.78 is 1.91. The summed E-state index contributed by atoms with van der Waals surface area (Å²) in [5, 5.41) is 11.9. The van der Waals surface area contributed by atoms with E-state index in [1.807, 2.05) is 36.6 Å². The topological polar surface area (TPSA) is 71.3 Å². The quantitative estimate of drug-likeness (QED) is 0.909. The van der Waals surface area contributed by atoms with Crippen LogP contribution in [0.5, 0.6) is 0 Å². The van der Waals surface area contributed by atoms with Crippen molar-refractivity contribution in [2.24, 2.45) is 0 Å². The number of hydrogen-bond donors (Lipinski definition) is 2. The van der Waals surface area contributed by atoms with Crippen LogP contribution in [0.1, 0.15) is 28.7 Å². The fourth-order valence-corrected chi connectivity index (χ4v) is 2.53. The lowest BCUT2D eigenvalue weighted by atomic mass is 10.2. The van der Waals surface area contributed by atoms with Crippen molar-refractivity contribution in [2.45, 2.75) is 26.8 Å². The number of hydrogen-bond acceptors (Lipinski definition) is 2. The molecule has 1 unspecified atom stereocenters. The van der Waals surface area contributed by atoms with E-state index in [-0.39, 0.29) is 0 Å². The third-order valence-corrected chi connectivity index (χ3v) is 3.70. The number of rotatable bonds is 4. The standard InChI is InChI=1S/C16H17ClN2O3/c1-9-7-14(15(20)18-10(2)16(21)22)11(3)19(9)13-6-4-5-12(17)8-13/h4-8,10H,1-3H3,(H,18,20)(H,21,22). The third-order valence-electron chi connectivity index (χ3n) is 3.46. The Hall–Kier alpha value is -2.27. The molecule has 0 aliphatic heterocycles. The van der Waals surface area contributed by atoms with Crippen molar-refractivity contribution in [3.63, 3.8) is 0 Å². The molecule has 1 heterocycles. The number of carbonyl (C=O) groups excluding carboxylic acids is 1. The molecule has 5 nitrogen and oxygen atoms in total. The normalized spacial score (nSPS) is 12.0. The molecule has 2 rings (SSSR count). The number of nitrogens with one attached hydrogen (secondary N) is 1. The summed E-state index contributed by atoms with van der Waals surface area (Å²) in [5.41, 5.74) is 2.90. The summed E-state index contributed by atoms with van der Waals surface area (Å²) in [6.07, 6.45) is 0. The van der Waals surface area contributed by atoms with E-state index in [2.05, 4.69) is 5.32 Å². The maximum Gasteiger partial charge on any atom is 0.325 e. The lowest BCUT2D eigenvalue weighted by molar-refractivity contribution is -0.138. The minimum Gasteiger partial charge on any atom is -0.480 e. The van der Waals surface area contributed by atoms with Crippen LogP contribution in [0.25, 0.3) is 5.69 Å². The second kappa shape index (κ2) is 6.23. The van der Waals surface area contributed by atoms with Crippen molar-refractivity contribution in [1.29, 1.82) is 0 Å². The first-order valence-electron chi connectivity index (χ1n) is 6.80. The van der Waals surface area contributed by atoms with Gasteiger partial charge in [-0.15, -0.1) is 0 Å². The van der Waals surface area contributed by atoms with E-state index in [1.54, 1.807) is 12.1 Å². The SMILES string of the molecule is Cc1cc(C(=O)NC(C)C(=O)O)c(C)n1-c1cccc(Cl)c1. The number of aliphatic carboxylic acids is 1. The first kappa shape index (κ1) is 16.1. The van der Waals surface area contributed by atoms with Crippen LogP contribution >= 0.6 is 11.6 Å². The number of aryl methyl sites for hydroxylation is 1. The molecule has 0 saturated carbocycles. The molecule has 1 amide bonds. The fourth-order valence-electron chi connectivity index (χ4n) is 2.34. The summed E-state index contributed by atoms with van der Waals surface area (Å²) in [4.78, 5) is 23.1. The molecule has 0 aliphatic carbocycles. The second-order valence-electron chi connectivity index (χ2n) is 5.13. The Labute approximate surface area is 133 Å². The molecule has 0 saturated heterocycles. The van der Waals surface area contributed by atoms with Gasteiger partial charge in [-0.2, -0.15) is 0 Å². The molecule has 0 fully saturated rings. The Kier molecular flexibility index (Phi) is 4.56. The van der Waals surface area contributed by atoms with E-state index in [1.165, 1.54) is 6.92 Å². The van der Waals surface area contributed by atoms with Crippen molar-refractivity contribution < 1.29 is 14.7 Å². The zero-order valence-electron chi connectivity index (χ0n) is 12.6. The lowest BCUT2D eigenvalue weighted by Gasteiger charge is -2.11. The molecule has 6 heteroatoms. The molecular formula is C16H17ClN2O3. The number of nitrogens with zero attached hydrogens (tertiary/aromatic N) is 1. The highest BCUT2D eigenvalue weighted by Gasteiger charge is 2.20. The van der Waals surface area contributed by atoms with Crippen LogP contribution in [0, 0.1) is 13.8 Å². The van der Waals surface area contributed by atoms with Gasteiger partial charge in [-0.1, -0.05) is 17.7 Å². The largest absolute Gasteiger partial charge is 0.480 e. The van der Waals surface area contributed by atoms with Crippen molar-refractivity contribution >= 4 is 23.5 Å². The summed E-state index contributed by atoms with van der Waals surface area (Å²) in [6, 6.07) is 8.11. The minimum atomic E-state index is -1.07. The lowest BCUT2D eigenvalue weighted by Crippen LogP contribution is -2.38. The smallest absolute Gasteiger partial charge is 0.325 e. The van der Waals surface area contributed by atoms with Crippen molar-refractivity contribution in [3.8, 4) is 5.69 Å². The highest BCUT2D eigenvalue weighted by atomic mass is 35.5. The predicted octanol–water partition coefficient (Wildman–Crippen LogP) is 2.95. The molecule has 1 aromatic carbocycles. The maximum atomic E-state index is 12.2. The number of amides is 1. The van der Waals surface area contributed by atoms with Gasteiger partial charge in [0.2, 0.25) is 0 Å². The van der Waals surface area contributed by atoms with Crippen molar-refractivity contribution in [1.82, 2.24) is 9.88 Å². The molecule has 0 radical (unpaired) electrons. The average molecular weight is 321 g/mol. The Morgan fingerprint density at radius 3 is 2.55 bits per heavy atom. The van der Waals surface area contributed by atoms with Crippen LogP contribution < -0.4 is 5.32 Å². The summed E-state index contributed by atoms with van der Waals surface area (Å²) in [5.74, 6) is -1.48. The van der Waals surface area contributed by atoms with E-state index in [0.29, 0.717) is 10.6 Å². The Morgan fingerprint density at radius 1 is 1.27 bits per heavy atom. The van der Waals surface area contributed by atoms with Gasteiger partial charge in [0.05, 0.1) is 5.56 Å². The summed E-state index contributed by atoms with van der Waals surface area (Å²) in [6.45, 7) is 5.12. The van der Waals surface area contributed by atoms with Crippen LogP contribution in [-0.4, -0.2) is 27.6 Å². The molecule has 0 bridgehead atoms. The number of carboxylic acids is 1. The van der Waals surface area contributed by atoms with Gasteiger partial charge in [0.25, 0.3) is 5.91 Å². The maximum absolute atomic E-state index is 12.2. The van der Waals surface area contributed by atoms with Gasteiger partial charge >= 0.3 is 5.97 Å². The van der Waals surface area contributed by atoms with E-state index in [0.717, 1.165) is 17.1 Å². The fraction of sp³-hybridized carbons (Fsp3) is 0.250. The number of carbonyl (C=O) groups is 2. The van der Waals surface area contributed by atoms with Gasteiger partial charge in [-0.05, 0) is 45.0 Å². The molecular weight excluding hydrogens is 304 g/mol. The Morgan fingerprint density at radius 2 is 1.95 bits per heavy atom. The van der Waals surface area contributed by atoms with Gasteiger partial charge in [0.15, 0.2) is 0 Å². The van der Waals surface area contributed by atoms with Crippen LogP contribution in [0.2, 0.25) is 5.02 Å².